The number of hydrogen-bond donors (Lipinski definition) is 0. The molecule has 28 heavy (non-hydrogen) atoms. The van der Waals surface area contributed by atoms with Gasteiger partial charge in [-0.1, -0.05) is 43.7 Å². The molecular formula is C22H29N3O2S. The number of thioether (sulfide) groups is 1. The summed E-state index contributed by atoms with van der Waals surface area (Å²) < 4.78 is 1.88. The van der Waals surface area contributed by atoms with Crippen LogP contribution in [0.2, 0.25) is 0 Å². The smallest absolute Gasteiger partial charge is 0.262 e. The van der Waals surface area contributed by atoms with Crippen molar-refractivity contribution in [1.82, 2.24) is 14.5 Å². The third-order valence-electron chi connectivity index (χ3n) is 6.21. The fourth-order valence-electron chi connectivity index (χ4n) is 4.67. The largest absolute Gasteiger partial charge is 0.339 e. The van der Waals surface area contributed by atoms with Gasteiger partial charge >= 0.3 is 0 Å². The molecular weight excluding hydrogens is 370 g/mol. The normalized spacial score (nSPS) is 20.8. The molecule has 2 aliphatic rings. The second-order valence-corrected chi connectivity index (χ2v) is 8.90. The number of benzene rings is 1. The molecule has 150 valence electrons. The topological polar surface area (TPSA) is 55.2 Å². The molecule has 0 bridgehead atoms. The van der Waals surface area contributed by atoms with Crippen molar-refractivity contribution in [3.8, 4) is 0 Å². The Balaban J connectivity index is 1.61. The van der Waals surface area contributed by atoms with Gasteiger partial charge in [0.25, 0.3) is 5.56 Å². The van der Waals surface area contributed by atoms with Gasteiger partial charge in [-0.15, -0.1) is 0 Å². The molecule has 1 saturated heterocycles. The molecule has 2 fully saturated rings. The van der Waals surface area contributed by atoms with E-state index in [1.54, 1.807) is 0 Å². The van der Waals surface area contributed by atoms with E-state index in [4.69, 9.17) is 4.98 Å². The van der Waals surface area contributed by atoms with Crippen molar-refractivity contribution in [2.75, 3.05) is 12.3 Å². The average molecular weight is 400 g/mol. The van der Waals surface area contributed by atoms with Crippen LogP contribution in [0.15, 0.2) is 34.2 Å². The lowest BCUT2D eigenvalue weighted by molar-refractivity contribution is -0.132. The van der Waals surface area contributed by atoms with E-state index < -0.39 is 0 Å². The number of rotatable bonds is 5. The first-order chi connectivity index (χ1) is 13.7. The molecule has 1 atom stereocenters. The van der Waals surface area contributed by atoms with Crippen molar-refractivity contribution in [2.45, 2.75) is 75.5 Å². The van der Waals surface area contributed by atoms with Crippen LogP contribution in [0.4, 0.5) is 0 Å². The lowest BCUT2D eigenvalue weighted by atomic mass is 10.0. The molecule has 0 spiro atoms. The Morgan fingerprint density at radius 3 is 2.68 bits per heavy atom. The van der Waals surface area contributed by atoms with Gasteiger partial charge in [0.15, 0.2) is 5.16 Å². The summed E-state index contributed by atoms with van der Waals surface area (Å²) in [5.74, 6) is 0.533. The SMILES string of the molecule is CCC1CCCCN1C(=O)CSc1nc2ccccc2c(=O)n1C1CCCC1. The van der Waals surface area contributed by atoms with E-state index in [0.29, 0.717) is 22.3 Å². The minimum absolute atomic E-state index is 0.0388. The third kappa shape index (κ3) is 3.84. The Bertz CT molecular complexity index is 904. The zero-order valence-corrected chi connectivity index (χ0v) is 17.4. The van der Waals surface area contributed by atoms with Gasteiger partial charge in [-0.05, 0) is 50.7 Å². The number of piperidine rings is 1. The van der Waals surface area contributed by atoms with Gasteiger partial charge in [-0.25, -0.2) is 4.98 Å². The molecule has 2 aromatic rings. The lowest BCUT2D eigenvalue weighted by Crippen LogP contribution is -2.44. The number of amides is 1. The number of aromatic nitrogens is 2. The lowest BCUT2D eigenvalue weighted by Gasteiger charge is -2.35. The van der Waals surface area contributed by atoms with E-state index in [1.807, 2.05) is 28.8 Å². The van der Waals surface area contributed by atoms with Gasteiger partial charge in [0.05, 0.1) is 16.7 Å². The first-order valence-electron chi connectivity index (χ1n) is 10.6. The quantitative estimate of drug-likeness (QED) is 0.552. The van der Waals surface area contributed by atoms with Gasteiger partial charge in [0, 0.05) is 18.6 Å². The number of likely N-dealkylation sites (tertiary alicyclic amines) is 1. The van der Waals surface area contributed by atoms with Crippen LogP contribution in [0.25, 0.3) is 10.9 Å². The zero-order chi connectivity index (χ0) is 19.5. The van der Waals surface area contributed by atoms with Crippen LogP contribution >= 0.6 is 11.8 Å². The molecule has 0 radical (unpaired) electrons. The fourth-order valence-corrected chi connectivity index (χ4v) is 5.63. The van der Waals surface area contributed by atoms with Crippen molar-refractivity contribution in [3.05, 3.63) is 34.6 Å². The van der Waals surface area contributed by atoms with Crippen molar-refractivity contribution in [3.63, 3.8) is 0 Å². The minimum atomic E-state index is 0.0388. The Hall–Kier alpha value is -1.82. The van der Waals surface area contributed by atoms with Crippen molar-refractivity contribution >= 4 is 28.6 Å². The van der Waals surface area contributed by atoms with Gasteiger partial charge in [0.2, 0.25) is 5.91 Å². The van der Waals surface area contributed by atoms with E-state index >= 15 is 0 Å². The summed E-state index contributed by atoms with van der Waals surface area (Å²) in [7, 11) is 0. The molecule has 2 heterocycles. The first-order valence-corrected chi connectivity index (χ1v) is 11.6. The summed E-state index contributed by atoms with van der Waals surface area (Å²) in [6.07, 6.45) is 8.76. The third-order valence-corrected chi connectivity index (χ3v) is 7.15. The van der Waals surface area contributed by atoms with E-state index in [9.17, 15) is 9.59 Å². The van der Waals surface area contributed by atoms with E-state index in [2.05, 4.69) is 11.8 Å². The highest BCUT2D eigenvalue weighted by molar-refractivity contribution is 7.99. The summed E-state index contributed by atoms with van der Waals surface area (Å²) in [5, 5.41) is 1.38. The number of para-hydroxylation sites is 1. The Morgan fingerprint density at radius 1 is 1.14 bits per heavy atom. The Morgan fingerprint density at radius 2 is 1.89 bits per heavy atom. The van der Waals surface area contributed by atoms with Crippen LogP contribution in [-0.4, -0.2) is 38.7 Å². The van der Waals surface area contributed by atoms with Gasteiger partial charge in [-0.2, -0.15) is 0 Å². The van der Waals surface area contributed by atoms with Gasteiger partial charge < -0.3 is 4.90 Å². The van der Waals surface area contributed by atoms with Crippen LogP contribution in [0.5, 0.6) is 0 Å². The highest BCUT2D eigenvalue weighted by Gasteiger charge is 2.27. The van der Waals surface area contributed by atoms with Crippen LogP contribution < -0.4 is 5.56 Å². The molecule has 1 amide bonds. The summed E-state index contributed by atoms with van der Waals surface area (Å²) >= 11 is 1.44. The number of fused-ring (bicyclic) bond motifs is 1. The van der Waals surface area contributed by atoms with E-state index in [0.717, 1.165) is 57.0 Å². The van der Waals surface area contributed by atoms with Crippen LogP contribution in [0.3, 0.4) is 0 Å². The molecule has 1 unspecified atom stereocenters. The van der Waals surface area contributed by atoms with Crippen LogP contribution in [0, 0.1) is 0 Å². The molecule has 1 saturated carbocycles. The maximum absolute atomic E-state index is 13.2. The van der Waals surface area contributed by atoms with Crippen LogP contribution in [0.1, 0.15) is 64.3 Å². The molecule has 1 aromatic heterocycles. The first kappa shape index (κ1) is 19.5. The number of nitrogens with zero attached hydrogens (tertiary/aromatic N) is 3. The minimum Gasteiger partial charge on any atom is -0.339 e. The summed E-state index contributed by atoms with van der Waals surface area (Å²) in [5.41, 5.74) is 0.762. The molecule has 0 N–H and O–H groups in total. The molecule has 5 nitrogen and oxygen atoms in total. The summed E-state index contributed by atoms with van der Waals surface area (Å²) in [4.78, 5) is 33.0. The van der Waals surface area contributed by atoms with Crippen LogP contribution in [-0.2, 0) is 4.79 Å². The molecule has 1 aliphatic carbocycles. The number of carbonyl (C=O) groups is 1. The Labute approximate surface area is 170 Å². The predicted octanol–water partition coefficient (Wildman–Crippen LogP) is 4.39. The zero-order valence-electron chi connectivity index (χ0n) is 16.6. The van der Waals surface area contributed by atoms with Crippen molar-refractivity contribution in [1.29, 1.82) is 0 Å². The molecule has 1 aromatic carbocycles. The van der Waals surface area contributed by atoms with Crippen molar-refractivity contribution in [2.24, 2.45) is 0 Å². The summed E-state index contributed by atoms with van der Waals surface area (Å²) in [6.45, 7) is 3.02. The van der Waals surface area contributed by atoms with E-state index in [1.165, 1.54) is 18.2 Å². The maximum Gasteiger partial charge on any atom is 0.262 e. The second-order valence-electron chi connectivity index (χ2n) is 7.96. The average Bonchev–Trinajstić information content (AvgIpc) is 3.26. The second kappa shape index (κ2) is 8.68. The highest BCUT2D eigenvalue weighted by Crippen LogP contribution is 2.32. The molecule has 6 heteroatoms. The number of carbonyl (C=O) groups excluding carboxylic acids is 1. The fraction of sp³-hybridized carbons (Fsp3) is 0.591. The number of hydrogen-bond acceptors (Lipinski definition) is 4. The van der Waals surface area contributed by atoms with Crippen molar-refractivity contribution < 1.29 is 4.79 Å². The molecule has 4 rings (SSSR count). The standard InChI is InChI=1S/C22H29N3O2S/c1-2-16-9-7-8-14-24(16)20(26)15-28-22-23-19-13-6-5-12-18(19)21(27)25(22)17-10-3-4-11-17/h5-6,12-13,16-17H,2-4,7-11,14-15H2,1H3. The molecule has 1 aliphatic heterocycles. The highest BCUT2D eigenvalue weighted by atomic mass is 32.2. The predicted molar refractivity (Wildman–Crippen MR) is 114 cm³/mol. The summed E-state index contributed by atoms with van der Waals surface area (Å²) in [6, 6.07) is 8.12. The maximum atomic E-state index is 13.2. The monoisotopic (exact) mass is 399 g/mol. The van der Waals surface area contributed by atoms with Gasteiger partial charge in [0.1, 0.15) is 0 Å². The van der Waals surface area contributed by atoms with Gasteiger partial charge in [-0.3, -0.25) is 14.2 Å². The Kier molecular flexibility index (Phi) is 6.04. The van der Waals surface area contributed by atoms with E-state index in [-0.39, 0.29) is 17.5 Å².